The molecule has 4 heteroatoms. The summed E-state index contributed by atoms with van der Waals surface area (Å²) in [5.41, 5.74) is 1.06. The van der Waals surface area contributed by atoms with Gasteiger partial charge in [-0.25, -0.2) is 4.79 Å². The number of allylic oxidation sites excluding steroid dienone is 2. The molecular weight excluding hydrogens is 288 g/mol. The number of alkyl carbamates (subject to hydrolysis) is 1. The summed E-state index contributed by atoms with van der Waals surface area (Å²) >= 11 is 0. The number of carbonyl (C=O) groups is 1. The molecule has 0 radical (unpaired) electrons. The van der Waals surface area contributed by atoms with Crippen LogP contribution in [-0.2, 0) is 4.74 Å². The average Bonchev–Trinajstić information content (AvgIpc) is 2.39. The Hall–Kier alpha value is -1.03. The van der Waals surface area contributed by atoms with E-state index in [0.29, 0.717) is 24.4 Å². The maximum Gasteiger partial charge on any atom is 0.407 e. The molecule has 4 nitrogen and oxygen atoms in total. The molecule has 0 aromatic rings. The fraction of sp³-hybridized carbons (Fsp3) is 0.842. The molecule has 3 unspecified atom stereocenters. The summed E-state index contributed by atoms with van der Waals surface area (Å²) in [5, 5.41) is 6.55. The van der Waals surface area contributed by atoms with Crippen molar-refractivity contribution in [3.05, 3.63) is 11.6 Å². The monoisotopic (exact) mass is 324 g/mol. The topological polar surface area (TPSA) is 50.4 Å². The second kappa shape index (κ2) is 9.31. The van der Waals surface area contributed by atoms with Gasteiger partial charge in [-0.2, -0.15) is 0 Å². The molecule has 1 aliphatic rings. The molecule has 0 aromatic carbocycles. The van der Waals surface area contributed by atoms with E-state index in [1.807, 2.05) is 20.8 Å². The standard InChI is InChI=1S/C19H36N2O2/c1-7-8-17(13-21-18(22)23-19(4,5)6)20-12-16-10-14(2)9-15(3)11-16/h9,14,16-17,20H,7-8,10-13H2,1-6H3,(H,21,22). The third kappa shape index (κ3) is 8.99. The molecule has 1 aliphatic carbocycles. The van der Waals surface area contributed by atoms with Crippen molar-refractivity contribution in [1.82, 2.24) is 10.6 Å². The van der Waals surface area contributed by atoms with Gasteiger partial charge in [-0.1, -0.05) is 31.9 Å². The molecule has 0 aromatic heterocycles. The van der Waals surface area contributed by atoms with E-state index in [4.69, 9.17) is 4.74 Å². The van der Waals surface area contributed by atoms with E-state index >= 15 is 0 Å². The number of hydrogen-bond donors (Lipinski definition) is 2. The third-order valence-electron chi connectivity index (χ3n) is 4.11. The maximum absolute atomic E-state index is 11.8. The van der Waals surface area contributed by atoms with Crippen molar-refractivity contribution in [2.75, 3.05) is 13.1 Å². The van der Waals surface area contributed by atoms with Crippen LogP contribution in [-0.4, -0.2) is 30.8 Å². The number of rotatable bonds is 7. The fourth-order valence-electron chi connectivity index (χ4n) is 3.32. The van der Waals surface area contributed by atoms with Crippen molar-refractivity contribution in [1.29, 1.82) is 0 Å². The quantitative estimate of drug-likeness (QED) is 0.688. The summed E-state index contributed by atoms with van der Waals surface area (Å²) in [6.45, 7) is 14.0. The van der Waals surface area contributed by atoms with Gasteiger partial charge in [-0.3, -0.25) is 0 Å². The van der Waals surface area contributed by atoms with E-state index < -0.39 is 5.60 Å². The molecule has 0 bridgehead atoms. The van der Waals surface area contributed by atoms with Gasteiger partial charge >= 0.3 is 6.09 Å². The molecule has 0 fully saturated rings. The lowest BCUT2D eigenvalue weighted by Crippen LogP contribution is -2.44. The lowest BCUT2D eigenvalue weighted by atomic mass is 9.83. The zero-order chi connectivity index (χ0) is 17.5. The first-order chi connectivity index (χ1) is 10.7. The molecular formula is C19H36N2O2. The van der Waals surface area contributed by atoms with Crippen molar-refractivity contribution >= 4 is 6.09 Å². The molecule has 0 saturated heterocycles. The van der Waals surface area contributed by atoms with E-state index in [9.17, 15) is 4.79 Å². The summed E-state index contributed by atoms with van der Waals surface area (Å²) in [7, 11) is 0. The molecule has 23 heavy (non-hydrogen) atoms. The molecule has 1 amide bonds. The predicted octanol–water partition coefficient (Wildman–Crippen LogP) is 4.26. The Morgan fingerprint density at radius 2 is 2.13 bits per heavy atom. The van der Waals surface area contributed by atoms with Crippen molar-refractivity contribution < 1.29 is 9.53 Å². The number of nitrogens with one attached hydrogen (secondary N) is 2. The highest BCUT2D eigenvalue weighted by atomic mass is 16.6. The van der Waals surface area contributed by atoms with Crippen LogP contribution in [0.15, 0.2) is 11.6 Å². The van der Waals surface area contributed by atoms with Crippen LogP contribution in [0.4, 0.5) is 4.79 Å². The summed E-state index contributed by atoms with van der Waals surface area (Å²) in [4.78, 5) is 11.8. The maximum atomic E-state index is 11.8. The Morgan fingerprint density at radius 1 is 1.43 bits per heavy atom. The fourth-order valence-corrected chi connectivity index (χ4v) is 3.32. The molecule has 2 N–H and O–H groups in total. The molecule has 0 aliphatic heterocycles. The molecule has 134 valence electrons. The van der Waals surface area contributed by atoms with Gasteiger partial charge in [0, 0.05) is 12.6 Å². The average molecular weight is 325 g/mol. The summed E-state index contributed by atoms with van der Waals surface area (Å²) in [6, 6.07) is 0.314. The zero-order valence-electron chi connectivity index (χ0n) is 15.9. The molecule has 0 spiro atoms. The Balaban J connectivity index is 2.37. The van der Waals surface area contributed by atoms with Gasteiger partial charge < -0.3 is 15.4 Å². The highest BCUT2D eigenvalue weighted by Gasteiger charge is 2.20. The summed E-state index contributed by atoms with van der Waals surface area (Å²) in [6.07, 6.45) is 6.67. The smallest absolute Gasteiger partial charge is 0.407 e. The SMILES string of the molecule is CCCC(CNC(=O)OC(C)(C)C)NCC1CC(C)=CC(C)C1. The minimum Gasteiger partial charge on any atom is -0.444 e. The highest BCUT2D eigenvalue weighted by Crippen LogP contribution is 2.27. The van der Waals surface area contributed by atoms with Gasteiger partial charge in [0.2, 0.25) is 0 Å². The van der Waals surface area contributed by atoms with Gasteiger partial charge in [0.05, 0.1) is 0 Å². The van der Waals surface area contributed by atoms with Crippen molar-refractivity contribution in [3.63, 3.8) is 0 Å². The zero-order valence-corrected chi connectivity index (χ0v) is 15.9. The van der Waals surface area contributed by atoms with E-state index in [-0.39, 0.29) is 6.09 Å². The molecule has 1 rings (SSSR count). The lowest BCUT2D eigenvalue weighted by molar-refractivity contribution is 0.0521. The van der Waals surface area contributed by atoms with E-state index in [1.165, 1.54) is 18.4 Å². The van der Waals surface area contributed by atoms with Crippen LogP contribution >= 0.6 is 0 Å². The number of ether oxygens (including phenoxy) is 1. The molecule has 0 saturated carbocycles. The van der Waals surface area contributed by atoms with Gasteiger partial charge in [0.25, 0.3) is 0 Å². The first-order valence-electron chi connectivity index (χ1n) is 9.07. The Morgan fingerprint density at radius 3 is 2.70 bits per heavy atom. The van der Waals surface area contributed by atoms with E-state index in [1.54, 1.807) is 0 Å². The van der Waals surface area contributed by atoms with Crippen molar-refractivity contribution in [3.8, 4) is 0 Å². The molecule has 3 atom stereocenters. The first-order valence-corrected chi connectivity index (χ1v) is 9.07. The minimum atomic E-state index is -0.445. The summed E-state index contributed by atoms with van der Waals surface area (Å²) in [5.74, 6) is 1.39. The van der Waals surface area contributed by atoms with Crippen LogP contribution in [0.25, 0.3) is 0 Å². The van der Waals surface area contributed by atoms with E-state index in [0.717, 1.165) is 19.4 Å². The van der Waals surface area contributed by atoms with Gasteiger partial charge in [-0.05, 0) is 65.3 Å². The number of carbonyl (C=O) groups excluding carboxylic acids is 1. The minimum absolute atomic E-state index is 0.314. The summed E-state index contributed by atoms with van der Waals surface area (Å²) < 4.78 is 5.30. The van der Waals surface area contributed by atoms with Crippen LogP contribution < -0.4 is 10.6 Å². The van der Waals surface area contributed by atoms with Crippen molar-refractivity contribution in [2.45, 2.75) is 78.9 Å². The third-order valence-corrected chi connectivity index (χ3v) is 4.11. The number of amides is 1. The second-order valence-corrected chi connectivity index (χ2v) is 8.07. The first kappa shape index (κ1) is 20.0. The lowest BCUT2D eigenvalue weighted by Gasteiger charge is -2.28. The van der Waals surface area contributed by atoms with Gasteiger partial charge in [-0.15, -0.1) is 0 Å². The van der Waals surface area contributed by atoms with Gasteiger partial charge in [0.15, 0.2) is 0 Å². The van der Waals surface area contributed by atoms with Crippen LogP contribution in [0.5, 0.6) is 0 Å². The Bertz CT molecular complexity index is 399. The highest BCUT2D eigenvalue weighted by molar-refractivity contribution is 5.67. The van der Waals surface area contributed by atoms with Crippen LogP contribution in [0.1, 0.15) is 67.2 Å². The van der Waals surface area contributed by atoms with Gasteiger partial charge in [0.1, 0.15) is 5.60 Å². The van der Waals surface area contributed by atoms with Crippen molar-refractivity contribution in [2.24, 2.45) is 11.8 Å². The van der Waals surface area contributed by atoms with E-state index in [2.05, 4.69) is 37.5 Å². The number of hydrogen-bond acceptors (Lipinski definition) is 3. The molecule has 0 heterocycles. The Kier molecular flexibility index (Phi) is 8.10. The normalized spacial score (nSPS) is 23.1. The Labute approximate surface area is 142 Å². The van der Waals surface area contributed by atoms with Crippen LogP contribution in [0.2, 0.25) is 0 Å². The predicted molar refractivity (Wildman–Crippen MR) is 96.6 cm³/mol. The van der Waals surface area contributed by atoms with Crippen LogP contribution in [0, 0.1) is 11.8 Å². The largest absolute Gasteiger partial charge is 0.444 e. The second-order valence-electron chi connectivity index (χ2n) is 8.07. The van der Waals surface area contributed by atoms with Crippen LogP contribution in [0.3, 0.4) is 0 Å².